The van der Waals surface area contributed by atoms with Crippen LogP contribution < -0.4 is 15.4 Å². The fourth-order valence-electron chi connectivity index (χ4n) is 2.38. The van der Waals surface area contributed by atoms with E-state index in [0.29, 0.717) is 0 Å². The normalized spacial score (nSPS) is 11.2. The van der Waals surface area contributed by atoms with Crippen molar-refractivity contribution in [3.63, 3.8) is 0 Å². The molecule has 7 heteroatoms. The highest BCUT2D eigenvalue weighted by atomic mass is 127. The SMILES string of the molecule is CCNC(=NCCN(C)CCOC)NCCc1ccc(C)c(OC)c1.I. The fraction of sp³-hybridized carbons (Fsp3) is 0.632. The molecule has 0 atom stereocenters. The van der Waals surface area contributed by atoms with Gasteiger partial charge in [-0.3, -0.25) is 4.99 Å². The molecule has 150 valence electrons. The van der Waals surface area contributed by atoms with Crippen molar-refractivity contribution in [2.45, 2.75) is 20.3 Å². The molecule has 0 aromatic heterocycles. The lowest BCUT2D eigenvalue weighted by atomic mass is 10.1. The molecule has 0 aliphatic heterocycles. The van der Waals surface area contributed by atoms with E-state index in [1.54, 1.807) is 14.2 Å². The Morgan fingerprint density at radius 3 is 2.62 bits per heavy atom. The third-order valence-electron chi connectivity index (χ3n) is 3.95. The van der Waals surface area contributed by atoms with Crippen LogP contribution in [0.25, 0.3) is 0 Å². The van der Waals surface area contributed by atoms with Crippen molar-refractivity contribution in [2.24, 2.45) is 4.99 Å². The van der Waals surface area contributed by atoms with Gasteiger partial charge >= 0.3 is 0 Å². The number of nitrogens with one attached hydrogen (secondary N) is 2. The Morgan fingerprint density at radius 1 is 1.19 bits per heavy atom. The molecule has 0 heterocycles. The Bertz CT molecular complexity index is 526. The number of aryl methyl sites for hydroxylation is 1. The number of halogens is 1. The molecule has 1 rings (SSSR count). The summed E-state index contributed by atoms with van der Waals surface area (Å²) in [6.07, 6.45) is 0.925. The second-order valence-corrected chi connectivity index (χ2v) is 6.04. The highest BCUT2D eigenvalue weighted by Crippen LogP contribution is 2.18. The number of likely N-dealkylation sites (N-methyl/N-ethyl adjacent to an activating group) is 1. The molecule has 0 saturated carbocycles. The molecule has 0 bridgehead atoms. The molecule has 0 spiro atoms. The zero-order chi connectivity index (χ0) is 18.5. The van der Waals surface area contributed by atoms with Crippen molar-refractivity contribution in [1.29, 1.82) is 0 Å². The Balaban J connectivity index is 0.00000625. The Hall–Kier alpha value is -1.06. The maximum absolute atomic E-state index is 5.39. The zero-order valence-corrected chi connectivity index (χ0v) is 19.1. The first-order valence-electron chi connectivity index (χ1n) is 8.93. The highest BCUT2D eigenvalue weighted by Gasteiger charge is 2.02. The monoisotopic (exact) mass is 478 g/mol. The number of benzene rings is 1. The Kier molecular flexibility index (Phi) is 14.4. The summed E-state index contributed by atoms with van der Waals surface area (Å²) < 4.78 is 10.5. The summed E-state index contributed by atoms with van der Waals surface area (Å²) in [6, 6.07) is 6.35. The molecule has 0 unspecified atom stereocenters. The van der Waals surface area contributed by atoms with Gasteiger partial charge < -0.3 is 25.0 Å². The number of hydrogen-bond donors (Lipinski definition) is 2. The van der Waals surface area contributed by atoms with E-state index in [1.165, 1.54) is 5.56 Å². The minimum atomic E-state index is 0. The molecule has 0 aliphatic carbocycles. The molecule has 0 radical (unpaired) electrons. The second-order valence-electron chi connectivity index (χ2n) is 6.04. The van der Waals surface area contributed by atoms with Gasteiger partial charge in [-0.2, -0.15) is 0 Å². The van der Waals surface area contributed by atoms with Crippen LogP contribution in [0.5, 0.6) is 5.75 Å². The van der Waals surface area contributed by atoms with Crippen molar-refractivity contribution < 1.29 is 9.47 Å². The lowest BCUT2D eigenvalue weighted by molar-refractivity contribution is 0.163. The molecule has 0 fully saturated rings. The lowest BCUT2D eigenvalue weighted by Crippen LogP contribution is -2.39. The first-order valence-corrected chi connectivity index (χ1v) is 8.93. The fourth-order valence-corrected chi connectivity index (χ4v) is 2.38. The number of methoxy groups -OCH3 is 2. The van der Waals surface area contributed by atoms with Crippen LogP contribution in [0.4, 0.5) is 0 Å². The third-order valence-corrected chi connectivity index (χ3v) is 3.95. The zero-order valence-electron chi connectivity index (χ0n) is 16.8. The summed E-state index contributed by atoms with van der Waals surface area (Å²) in [4.78, 5) is 6.85. The van der Waals surface area contributed by atoms with Crippen molar-refractivity contribution in [1.82, 2.24) is 15.5 Å². The Morgan fingerprint density at radius 2 is 1.96 bits per heavy atom. The van der Waals surface area contributed by atoms with Gasteiger partial charge in [0.1, 0.15) is 5.75 Å². The van der Waals surface area contributed by atoms with Crippen LogP contribution in [0.1, 0.15) is 18.1 Å². The number of rotatable bonds is 11. The molecular formula is C19H35IN4O2. The van der Waals surface area contributed by atoms with Crippen LogP contribution in [-0.4, -0.2) is 71.5 Å². The first-order chi connectivity index (χ1) is 12.1. The highest BCUT2D eigenvalue weighted by molar-refractivity contribution is 14.0. The summed E-state index contributed by atoms with van der Waals surface area (Å²) in [5.74, 6) is 1.80. The molecular weight excluding hydrogens is 443 g/mol. The van der Waals surface area contributed by atoms with E-state index < -0.39 is 0 Å². The van der Waals surface area contributed by atoms with Gasteiger partial charge in [0.2, 0.25) is 0 Å². The van der Waals surface area contributed by atoms with Gasteiger partial charge in [0, 0.05) is 33.3 Å². The van der Waals surface area contributed by atoms with Gasteiger partial charge in [0.05, 0.1) is 20.3 Å². The maximum atomic E-state index is 5.39. The minimum Gasteiger partial charge on any atom is -0.496 e. The number of aliphatic imine (C=N–C) groups is 1. The number of nitrogens with zero attached hydrogens (tertiary/aromatic N) is 2. The van der Waals surface area contributed by atoms with Gasteiger partial charge in [-0.1, -0.05) is 12.1 Å². The van der Waals surface area contributed by atoms with Crippen molar-refractivity contribution >= 4 is 29.9 Å². The van der Waals surface area contributed by atoms with E-state index >= 15 is 0 Å². The molecule has 6 nitrogen and oxygen atoms in total. The van der Waals surface area contributed by atoms with Crippen LogP contribution in [0.3, 0.4) is 0 Å². The smallest absolute Gasteiger partial charge is 0.191 e. The molecule has 0 saturated heterocycles. The van der Waals surface area contributed by atoms with Crippen LogP contribution in [0.15, 0.2) is 23.2 Å². The molecule has 2 N–H and O–H groups in total. The Labute approximate surface area is 175 Å². The molecule has 0 amide bonds. The predicted molar refractivity (Wildman–Crippen MR) is 120 cm³/mol. The number of guanidine groups is 1. The minimum absolute atomic E-state index is 0. The van der Waals surface area contributed by atoms with Crippen LogP contribution in [0.2, 0.25) is 0 Å². The number of hydrogen-bond acceptors (Lipinski definition) is 4. The average Bonchev–Trinajstić information content (AvgIpc) is 2.61. The van der Waals surface area contributed by atoms with E-state index in [0.717, 1.165) is 63.0 Å². The van der Waals surface area contributed by atoms with Gasteiger partial charge in [0.15, 0.2) is 5.96 Å². The topological polar surface area (TPSA) is 58.1 Å². The van der Waals surface area contributed by atoms with Crippen LogP contribution >= 0.6 is 24.0 Å². The third kappa shape index (κ3) is 10.2. The van der Waals surface area contributed by atoms with Crippen LogP contribution in [0, 0.1) is 6.92 Å². The van der Waals surface area contributed by atoms with Crippen molar-refractivity contribution in [3.05, 3.63) is 29.3 Å². The quantitative estimate of drug-likeness (QED) is 0.291. The predicted octanol–water partition coefficient (Wildman–Crippen LogP) is 2.30. The average molecular weight is 478 g/mol. The number of ether oxygens (including phenoxy) is 2. The largest absolute Gasteiger partial charge is 0.496 e. The standard InChI is InChI=1S/C19H34N4O2.HI/c1-6-20-19(22-11-12-23(3)13-14-24-4)21-10-9-17-8-7-16(2)18(15-17)25-5;/h7-8,15H,6,9-14H2,1-5H3,(H2,20,21,22);1H. The lowest BCUT2D eigenvalue weighted by Gasteiger charge is -2.16. The summed E-state index contributed by atoms with van der Waals surface area (Å²) in [5.41, 5.74) is 2.41. The van der Waals surface area contributed by atoms with Crippen molar-refractivity contribution in [2.75, 3.05) is 60.6 Å². The van der Waals surface area contributed by atoms with E-state index in [-0.39, 0.29) is 24.0 Å². The van der Waals surface area contributed by atoms with E-state index in [9.17, 15) is 0 Å². The van der Waals surface area contributed by atoms with Gasteiger partial charge in [0.25, 0.3) is 0 Å². The maximum Gasteiger partial charge on any atom is 0.191 e. The molecule has 0 aliphatic rings. The molecule has 1 aromatic carbocycles. The molecule has 26 heavy (non-hydrogen) atoms. The summed E-state index contributed by atoms with van der Waals surface area (Å²) >= 11 is 0. The van der Waals surface area contributed by atoms with E-state index in [2.05, 4.69) is 59.6 Å². The summed E-state index contributed by atoms with van der Waals surface area (Å²) in [7, 11) is 5.52. The van der Waals surface area contributed by atoms with Crippen molar-refractivity contribution in [3.8, 4) is 5.75 Å². The van der Waals surface area contributed by atoms with Gasteiger partial charge in [-0.15, -0.1) is 24.0 Å². The summed E-state index contributed by atoms with van der Waals surface area (Å²) in [5, 5.41) is 6.68. The van der Waals surface area contributed by atoms with Gasteiger partial charge in [-0.05, 0) is 44.5 Å². The first kappa shape index (κ1) is 24.9. The van der Waals surface area contributed by atoms with Gasteiger partial charge in [-0.25, -0.2) is 0 Å². The van der Waals surface area contributed by atoms with Crippen LogP contribution in [-0.2, 0) is 11.2 Å². The van der Waals surface area contributed by atoms with E-state index in [1.807, 2.05) is 0 Å². The second kappa shape index (κ2) is 15.0. The van der Waals surface area contributed by atoms with E-state index in [4.69, 9.17) is 9.47 Å². The summed E-state index contributed by atoms with van der Waals surface area (Å²) in [6.45, 7) is 9.15. The molecule has 1 aromatic rings.